The molecule has 2 aromatic rings. The molecule has 0 saturated heterocycles. The zero-order chi connectivity index (χ0) is 12.5. The van der Waals surface area contributed by atoms with Crippen LogP contribution in [0.5, 0.6) is 0 Å². The molecule has 2 aromatic carbocycles. The summed E-state index contributed by atoms with van der Waals surface area (Å²) in [6.45, 7) is 0. The first kappa shape index (κ1) is 12.1. The van der Waals surface area contributed by atoms with Gasteiger partial charge in [-0.3, -0.25) is 0 Å². The van der Waals surface area contributed by atoms with E-state index in [1.165, 1.54) is 16.5 Å². The predicted molar refractivity (Wildman–Crippen MR) is 77.6 cm³/mol. The fraction of sp³-hybridized carbons (Fsp3) is 0.143. The Kier molecular flexibility index (Phi) is 3.31. The van der Waals surface area contributed by atoms with Crippen LogP contribution in [0.3, 0.4) is 0 Å². The summed E-state index contributed by atoms with van der Waals surface area (Å²) in [5.41, 5.74) is 1.81. The van der Waals surface area contributed by atoms with Gasteiger partial charge in [-0.15, -0.1) is 11.8 Å². The summed E-state index contributed by atoms with van der Waals surface area (Å²) in [6.07, 6.45) is 0. The van der Waals surface area contributed by atoms with Crippen LogP contribution in [0.2, 0.25) is 0 Å². The quantitative estimate of drug-likeness (QED) is 0.848. The van der Waals surface area contributed by atoms with Gasteiger partial charge in [0.15, 0.2) is 0 Å². The Bertz CT molecular complexity index is 588. The Labute approximate surface area is 118 Å². The predicted octanol–water partition coefficient (Wildman–Crippen LogP) is 4.85. The summed E-state index contributed by atoms with van der Waals surface area (Å²) in [6, 6.07) is 13.6. The van der Waals surface area contributed by atoms with E-state index in [1.54, 1.807) is 6.07 Å². The molecule has 4 heteroatoms. The smallest absolute Gasteiger partial charge is 0.147 e. The number of rotatable bonds is 2. The zero-order valence-electron chi connectivity index (χ0n) is 9.49. The number of thioether (sulfide) groups is 1. The van der Waals surface area contributed by atoms with Crippen molar-refractivity contribution in [3.05, 3.63) is 58.3 Å². The standard InChI is InChI=1S/C14H11BrFNS/c15-9-5-6-12(11(16)7-9)17-13-8-18-14-4-2-1-3-10(13)14/h1-7,13,17H,8H2. The number of halogens is 2. The Hall–Kier alpha value is -1.00. The average Bonchev–Trinajstić information content (AvgIpc) is 2.76. The first-order valence-electron chi connectivity index (χ1n) is 5.67. The molecule has 0 amide bonds. The van der Waals surface area contributed by atoms with Gasteiger partial charge in [-0.25, -0.2) is 4.39 Å². The molecule has 0 aromatic heterocycles. The zero-order valence-corrected chi connectivity index (χ0v) is 11.9. The van der Waals surface area contributed by atoms with E-state index in [4.69, 9.17) is 0 Å². The lowest BCUT2D eigenvalue weighted by Crippen LogP contribution is -2.10. The third kappa shape index (κ3) is 2.27. The Morgan fingerprint density at radius 3 is 2.89 bits per heavy atom. The molecular weight excluding hydrogens is 313 g/mol. The van der Waals surface area contributed by atoms with Crippen LogP contribution in [0.25, 0.3) is 0 Å². The highest BCUT2D eigenvalue weighted by Gasteiger charge is 2.23. The first-order valence-corrected chi connectivity index (χ1v) is 7.45. The number of anilines is 1. The van der Waals surface area contributed by atoms with Crippen molar-refractivity contribution in [2.24, 2.45) is 0 Å². The highest BCUT2D eigenvalue weighted by Crippen LogP contribution is 2.39. The van der Waals surface area contributed by atoms with Crippen LogP contribution in [-0.4, -0.2) is 5.75 Å². The van der Waals surface area contributed by atoms with Crippen molar-refractivity contribution in [1.29, 1.82) is 0 Å². The van der Waals surface area contributed by atoms with E-state index in [1.807, 2.05) is 30.0 Å². The van der Waals surface area contributed by atoms with Crippen molar-refractivity contribution in [3.63, 3.8) is 0 Å². The minimum Gasteiger partial charge on any atom is -0.375 e. The minimum atomic E-state index is -0.223. The van der Waals surface area contributed by atoms with E-state index < -0.39 is 0 Å². The molecule has 0 fully saturated rings. The molecule has 1 heterocycles. The highest BCUT2D eigenvalue weighted by molar-refractivity contribution is 9.10. The lowest BCUT2D eigenvalue weighted by Gasteiger charge is -2.15. The maximum atomic E-state index is 13.8. The van der Waals surface area contributed by atoms with Crippen molar-refractivity contribution >= 4 is 33.4 Å². The normalized spacial score (nSPS) is 17.6. The van der Waals surface area contributed by atoms with Gasteiger partial charge in [0.05, 0.1) is 11.7 Å². The van der Waals surface area contributed by atoms with Crippen LogP contribution in [0.15, 0.2) is 51.8 Å². The van der Waals surface area contributed by atoms with Crippen LogP contribution in [0, 0.1) is 5.82 Å². The number of hydrogen-bond donors (Lipinski definition) is 1. The van der Waals surface area contributed by atoms with Gasteiger partial charge in [0, 0.05) is 15.1 Å². The van der Waals surface area contributed by atoms with Crippen LogP contribution in [0.1, 0.15) is 11.6 Å². The van der Waals surface area contributed by atoms with Crippen molar-refractivity contribution < 1.29 is 4.39 Å². The summed E-state index contributed by atoms with van der Waals surface area (Å²) in [5.74, 6) is 0.716. The van der Waals surface area contributed by atoms with Gasteiger partial charge in [0.1, 0.15) is 5.82 Å². The molecular formula is C14H11BrFNS. The Morgan fingerprint density at radius 2 is 2.06 bits per heavy atom. The summed E-state index contributed by atoms with van der Waals surface area (Å²) in [5, 5.41) is 3.28. The molecule has 0 saturated carbocycles. The second kappa shape index (κ2) is 4.94. The first-order chi connectivity index (χ1) is 8.74. The van der Waals surface area contributed by atoms with Crippen LogP contribution in [-0.2, 0) is 0 Å². The number of nitrogens with one attached hydrogen (secondary N) is 1. The summed E-state index contributed by atoms with van der Waals surface area (Å²) >= 11 is 5.07. The summed E-state index contributed by atoms with van der Waals surface area (Å²) in [4.78, 5) is 1.28. The molecule has 0 radical (unpaired) electrons. The van der Waals surface area contributed by atoms with E-state index >= 15 is 0 Å². The molecule has 1 atom stereocenters. The van der Waals surface area contributed by atoms with Crippen molar-refractivity contribution in [2.75, 3.05) is 11.1 Å². The van der Waals surface area contributed by atoms with Crippen LogP contribution in [0.4, 0.5) is 10.1 Å². The van der Waals surface area contributed by atoms with Crippen molar-refractivity contribution in [1.82, 2.24) is 0 Å². The molecule has 1 nitrogen and oxygen atoms in total. The van der Waals surface area contributed by atoms with Gasteiger partial charge in [-0.05, 0) is 29.8 Å². The Balaban J connectivity index is 1.86. The highest BCUT2D eigenvalue weighted by atomic mass is 79.9. The second-order valence-corrected chi connectivity index (χ2v) is 6.15. The Morgan fingerprint density at radius 1 is 1.22 bits per heavy atom. The molecule has 18 heavy (non-hydrogen) atoms. The fourth-order valence-electron chi connectivity index (χ4n) is 2.08. The lowest BCUT2D eigenvalue weighted by molar-refractivity contribution is 0.627. The van der Waals surface area contributed by atoms with E-state index in [-0.39, 0.29) is 11.9 Å². The number of benzene rings is 2. The molecule has 0 spiro atoms. The topological polar surface area (TPSA) is 12.0 Å². The lowest BCUT2D eigenvalue weighted by atomic mass is 10.1. The van der Waals surface area contributed by atoms with Gasteiger partial charge < -0.3 is 5.32 Å². The van der Waals surface area contributed by atoms with Gasteiger partial charge in [-0.2, -0.15) is 0 Å². The largest absolute Gasteiger partial charge is 0.375 e. The molecule has 0 bridgehead atoms. The van der Waals surface area contributed by atoms with E-state index in [0.717, 1.165) is 10.2 Å². The van der Waals surface area contributed by atoms with E-state index in [9.17, 15) is 4.39 Å². The molecule has 3 rings (SSSR count). The van der Waals surface area contributed by atoms with Gasteiger partial charge in [0.2, 0.25) is 0 Å². The fourth-order valence-corrected chi connectivity index (χ4v) is 3.57. The third-order valence-corrected chi connectivity index (χ3v) is 4.64. The third-order valence-electron chi connectivity index (χ3n) is 2.96. The summed E-state index contributed by atoms with van der Waals surface area (Å²) in [7, 11) is 0. The number of fused-ring (bicyclic) bond motifs is 1. The molecule has 1 aliphatic heterocycles. The minimum absolute atomic E-state index is 0.182. The van der Waals surface area contributed by atoms with Crippen LogP contribution >= 0.6 is 27.7 Å². The van der Waals surface area contributed by atoms with Crippen molar-refractivity contribution in [2.45, 2.75) is 10.9 Å². The maximum absolute atomic E-state index is 13.8. The van der Waals surface area contributed by atoms with Crippen LogP contribution < -0.4 is 5.32 Å². The van der Waals surface area contributed by atoms with Crippen molar-refractivity contribution in [3.8, 4) is 0 Å². The molecule has 0 aliphatic carbocycles. The molecule has 1 aliphatic rings. The molecule has 1 N–H and O–H groups in total. The molecule has 1 unspecified atom stereocenters. The monoisotopic (exact) mass is 323 g/mol. The van der Waals surface area contributed by atoms with Gasteiger partial charge in [0.25, 0.3) is 0 Å². The van der Waals surface area contributed by atoms with Gasteiger partial charge in [-0.1, -0.05) is 34.1 Å². The SMILES string of the molecule is Fc1cc(Br)ccc1NC1CSc2ccccc21. The van der Waals surface area contributed by atoms with Gasteiger partial charge >= 0.3 is 0 Å². The average molecular weight is 324 g/mol. The summed E-state index contributed by atoms with van der Waals surface area (Å²) < 4.78 is 14.5. The van der Waals surface area contributed by atoms with E-state index in [0.29, 0.717) is 5.69 Å². The maximum Gasteiger partial charge on any atom is 0.147 e. The second-order valence-electron chi connectivity index (χ2n) is 4.17. The van der Waals surface area contributed by atoms with E-state index in [2.05, 4.69) is 33.4 Å². The number of hydrogen-bond acceptors (Lipinski definition) is 2. The molecule has 92 valence electrons.